The molecule has 0 spiro atoms. The van der Waals surface area contributed by atoms with Crippen molar-refractivity contribution in [2.45, 2.75) is 6.61 Å². The lowest BCUT2D eigenvalue weighted by molar-refractivity contribution is 0.280. The first-order valence-corrected chi connectivity index (χ1v) is 5.66. The van der Waals surface area contributed by atoms with Crippen LogP contribution >= 0.6 is 23.2 Å². The van der Waals surface area contributed by atoms with Crippen LogP contribution in [0.3, 0.4) is 0 Å². The number of nitrogens with zero attached hydrogens (tertiary/aromatic N) is 2. The molecule has 4 nitrogen and oxygen atoms in total. The van der Waals surface area contributed by atoms with Crippen LogP contribution in [0, 0.1) is 5.82 Å². The van der Waals surface area contributed by atoms with Crippen molar-refractivity contribution in [2.75, 3.05) is 5.73 Å². The van der Waals surface area contributed by atoms with Crippen molar-refractivity contribution in [1.29, 1.82) is 0 Å². The Bertz CT molecular complexity index is 529. The van der Waals surface area contributed by atoms with Gasteiger partial charge < -0.3 is 10.5 Å². The maximum absolute atomic E-state index is 12.8. The van der Waals surface area contributed by atoms with Gasteiger partial charge in [-0.2, -0.15) is 4.98 Å². The van der Waals surface area contributed by atoms with E-state index in [4.69, 9.17) is 33.7 Å². The molecule has 2 N–H and O–H groups in total. The van der Waals surface area contributed by atoms with Gasteiger partial charge in [0.25, 0.3) is 0 Å². The summed E-state index contributed by atoms with van der Waals surface area (Å²) in [4.78, 5) is 7.28. The summed E-state index contributed by atoms with van der Waals surface area (Å²) in [5.41, 5.74) is 6.08. The lowest BCUT2D eigenvalue weighted by Crippen LogP contribution is -2.03. The summed E-state index contributed by atoms with van der Waals surface area (Å²) in [5, 5.41) is 0.889. The first-order valence-electron chi connectivity index (χ1n) is 4.91. The molecule has 0 unspecified atom stereocenters. The molecule has 2 rings (SSSR count). The minimum Gasteiger partial charge on any atom is -0.459 e. The molecule has 1 aromatic carbocycles. The topological polar surface area (TPSA) is 61.0 Å². The van der Waals surface area contributed by atoms with E-state index in [0.29, 0.717) is 10.0 Å². The third-order valence-corrected chi connectivity index (χ3v) is 2.84. The SMILES string of the molecule is Nc1nc(OCc2ccc(Cl)c(Cl)c2)ncc1F. The number of halogens is 3. The summed E-state index contributed by atoms with van der Waals surface area (Å²) >= 11 is 11.6. The van der Waals surface area contributed by atoms with Crippen LogP contribution in [0.25, 0.3) is 0 Å². The first kappa shape index (κ1) is 12.9. The van der Waals surface area contributed by atoms with Crippen molar-refractivity contribution in [3.05, 3.63) is 45.8 Å². The zero-order valence-corrected chi connectivity index (χ0v) is 10.5. The molecule has 0 atom stereocenters. The van der Waals surface area contributed by atoms with Gasteiger partial charge in [-0.15, -0.1) is 0 Å². The van der Waals surface area contributed by atoms with E-state index in [-0.39, 0.29) is 18.4 Å². The molecule has 1 aromatic heterocycles. The van der Waals surface area contributed by atoms with Gasteiger partial charge in [-0.3, -0.25) is 0 Å². The van der Waals surface area contributed by atoms with Crippen molar-refractivity contribution < 1.29 is 9.13 Å². The average Bonchev–Trinajstić information content (AvgIpc) is 2.35. The molecule has 0 saturated heterocycles. The monoisotopic (exact) mass is 287 g/mol. The summed E-state index contributed by atoms with van der Waals surface area (Å²) in [6.45, 7) is 0.183. The van der Waals surface area contributed by atoms with Crippen LogP contribution in [0.4, 0.5) is 10.2 Å². The summed E-state index contributed by atoms with van der Waals surface area (Å²) < 4.78 is 18.1. The molecular weight excluding hydrogens is 280 g/mol. The van der Waals surface area contributed by atoms with E-state index in [1.54, 1.807) is 18.2 Å². The maximum atomic E-state index is 12.8. The quantitative estimate of drug-likeness (QED) is 0.942. The zero-order valence-electron chi connectivity index (χ0n) is 9.03. The number of nitrogens with two attached hydrogens (primary N) is 1. The Morgan fingerprint density at radius 1 is 1.28 bits per heavy atom. The van der Waals surface area contributed by atoms with Crippen LogP contribution in [0.2, 0.25) is 10.0 Å². The van der Waals surface area contributed by atoms with Gasteiger partial charge in [0.05, 0.1) is 16.2 Å². The second-order valence-corrected chi connectivity index (χ2v) is 4.24. The van der Waals surface area contributed by atoms with Crippen LogP contribution in [0.1, 0.15) is 5.56 Å². The normalized spacial score (nSPS) is 10.4. The van der Waals surface area contributed by atoms with Gasteiger partial charge in [0.2, 0.25) is 0 Å². The largest absolute Gasteiger partial charge is 0.459 e. The maximum Gasteiger partial charge on any atom is 0.318 e. The Labute approximate surface area is 113 Å². The molecule has 0 radical (unpaired) electrons. The molecule has 0 aliphatic carbocycles. The van der Waals surface area contributed by atoms with E-state index in [1.807, 2.05) is 0 Å². The molecule has 0 aliphatic heterocycles. The molecule has 0 saturated carbocycles. The fraction of sp³-hybridized carbons (Fsp3) is 0.0909. The molecule has 0 fully saturated rings. The van der Waals surface area contributed by atoms with Crippen molar-refractivity contribution in [1.82, 2.24) is 9.97 Å². The second kappa shape index (κ2) is 5.37. The third kappa shape index (κ3) is 3.00. The Kier molecular flexibility index (Phi) is 3.84. The Hall–Kier alpha value is -1.59. The second-order valence-electron chi connectivity index (χ2n) is 3.42. The number of rotatable bonds is 3. The van der Waals surface area contributed by atoms with Crippen molar-refractivity contribution >= 4 is 29.0 Å². The van der Waals surface area contributed by atoms with Crippen molar-refractivity contribution in [3.8, 4) is 6.01 Å². The van der Waals surface area contributed by atoms with Crippen LogP contribution in [-0.4, -0.2) is 9.97 Å². The molecule has 7 heteroatoms. The molecule has 0 bridgehead atoms. The highest BCUT2D eigenvalue weighted by Crippen LogP contribution is 2.23. The van der Waals surface area contributed by atoms with E-state index in [2.05, 4.69) is 9.97 Å². The third-order valence-electron chi connectivity index (χ3n) is 2.10. The van der Waals surface area contributed by atoms with Gasteiger partial charge in [0.15, 0.2) is 11.6 Å². The number of benzene rings is 1. The first-order chi connectivity index (χ1) is 8.56. The fourth-order valence-corrected chi connectivity index (χ4v) is 1.53. The van der Waals surface area contributed by atoms with Gasteiger partial charge in [-0.25, -0.2) is 9.37 Å². The van der Waals surface area contributed by atoms with Gasteiger partial charge in [-0.05, 0) is 17.7 Å². The average molecular weight is 288 g/mol. The molecule has 94 valence electrons. The summed E-state index contributed by atoms with van der Waals surface area (Å²) in [5.74, 6) is -0.939. The Morgan fingerprint density at radius 2 is 2.06 bits per heavy atom. The Morgan fingerprint density at radius 3 is 2.72 bits per heavy atom. The number of hydrogen-bond acceptors (Lipinski definition) is 4. The highest BCUT2D eigenvalue weighted by atomic mass is 35.5. The standard InChI is InChI=1S/C11H8Cl2FN3O/c12-7-2-1-6(3-8(7)13)5-18-11-16-4-9(14)10(15)17-11/h1-4H,5H2,(H2,15,16,17). The molecule has 2 aromatic rings. The van der Waals surface area contributed by atoms with Crippen LogP contribution < -0.4 is 10.5 Å². The summed E-state index contributed by atoms with van der Waals surface area (Å²) in [7, 11) is 0. The predicted octanol–water partition coefficient (Wildman–Crippen LogP) is 3.08. The van der Waals surface area contributed by atoms with Gasteiger partial charge in [0.1, 0.15) is 6.61 Å². The van der Waals surface area contributed by atoms with Crippen LogP contribution in [0.15, 0.2) is 24.4 Å². The highest BCUT2D eigenvalue weighted by Gasteiger charge is 2.05. The number of ether oxygens (including phenoxy) is 1. The molecule has 0 aliphatic rings. The lowest BCUT2D eigenvalue weighted by Gasteiger charge is -2.06. The number of aromatic nitrogens is 2. The van der Waals surface area contributed by atoms with Gasteiger partial charge in [0, 0.05) is 0 Å². The van der Waals surface area contributed by atoms with E-state index in [9.17, 15) is 4.39 Å². The molecule has 1 heterocycles. The summed E-state index contributed by atoms with van der Waals surface area (Å²) in [6, 6.07) is 5.07. The number of nitrogen functional groups attached to an aromatic ring is 1. The fourth-order valence-electron chi connectivity index (χ4n) is 1.21. The molecular formula is C11H8Cl2FN3O. The van der Waals surface area contributed by atoms with Gasteiger partial charge >= 0.3 is 6.01 Å². The smallest absolute Gasteiger partial charge is 0.318 e. The summed E-state index contributed by atoms with van der Waals surface area (Å²) in [6.07, 6.45) is 0.951. The zero-order chi connectivity index (χ0) is 13.1. The van der Waals surface area contributed by atoms with Crippen molar-refractivity contribution in [3.63, 3.8) is 0 Å². The van der Waals surface area contributed by atoms with E-state index in [1.165, 1.54) is 0 Å². The number of anilines is 1. The van der Waals surface area contributed by atoms with Crippen LogP contribution in [-0.2, 0) is 6.61 Å². The number of hydrogen-bond donors (Lipinski definition) is 1. The minimum atomic E-state index is -0.683. The van der Waals surface area contributed by atoms with E-state index in [0.717, 1.165) is 11.8 Å². The van der Waals surface area contributed by atoms with Gasteiger partial charge in [-0.1, -0.05) is 29.3 Å². The van der Waals surface area contributed by atoms with Crippen LogP contribution in [0.5, 0.6) is 6.01 Å². The molecule has 0 amide bonds. The Balaban J connectivity index is 2.06. The van der Waals surface area contributed by atoms with E-state index < -0.39 is 5.82 Å². The van der Waals surface area contributed by atoms with E-state index >= 15 is 0 Å². The predicted molar refractivity (Wildman–Crippen MR) is 67.2 cm³/mol. The highest BCUT2D eigenvalue weighted by molar-refractivity contribution is 6.42. The molecule has 18 heavy (non-hydrogen) atoms. The minimum absolute atomic E-state index is 0.0000255. The van der Waals surface area contributed by atoms with Crippen molar-refractivity contribution in [2.24, 2.45) is 0 Å². The lowest BCUT2D eigenvalue weighted by atomic mass is 10.2.